The highest BCUT2D eigenvalue weighted by molar-refractivity contribution is 5.87. The van der Waals surface area contributed by atoms with Gasteiger partial charge in [-0.3, -0.25) is 4.79 Å². The lowest BCUT2D eigenvalue weighted by molar-refractivity contribution is -0.158. The van der Waals surface area contributed by atoms with Gasteiger partial charge in [0.25, 0.3) is 0 Å². The first kappa shape index (κ1) is 10.6. The molecule has 2 heteroatoms. The van der Waals surface area contributed by atoms with Crippen molar-refractivity contribution in [3.63, 3.8) is 0 Å². The summed E-state index contributed by atoms with van der Waals surface area (Å²) in [6, 6.07) is 10.8. The molecule has 2 nitrogen and oxygen atoms in total. The summed E-state index contributed by atoms with van der Waals surface area (Å²) in [5.41, 5.74) is 1.22. The fraction of sp³-hybridized carbons (Fsp3) is 0.400. The third-order valence-corrected chi connectivity index (χ3v) is 3.98. The molecule has 0 spiro atoms. The smallest absolute Gasteiger partial charge is 0.229 e. The number of benzene rings is 1. The molecule has 1 aromatic carbocycles. The average Bonchev–Trinajstić information content (AvgIpc) is 2.39. The highest BCUT2D eigenvalue weighted by Gasteiger charge is 2.48. The Morgan fingerprint density at radius 1 is 1.29 bits per heavy atom. The standard InChI is InChI=1S/C15H17NO/c1-11(12-7-3-2-4-8-12)16-14-10-6-5-9-13(14)15(16)17/h2-4,6-8,10-11,13-14H,5,9H2,1H3/t11-,13+,14+/m1/s1. The molecule has 3 atom stereocenters. The molecule has 0 N–H and O–H groups in total. The van der Waals surface area contributed by atoms with Crippen molar-refractivity contribution >= 4 is 5.91 Å². The van der Waals surface area contributed by atoms with E-state index in [1.807, 2.05) is 23.1 Å². The summed E-state index contributed by atoms with van der Waals surface area (Å²) in [6.07, 6.45) is 6.49. The lowest BCUT2D eigenvalue weighted by Crippen LogP contribution is -2.61. The minimum atomic E-state index is 0.188. The SMILES string of the molecule is C[C@H](c1ccccc1)N1C(=O)[C@H]2CCC=C[C@@H]21. The van der Waals surface area contributed by atoms with Crippen LogP contribution in [0, 0.1) is 5.92 Å². The van der Waals surface area contributed by atoms with E-state index in [1.54, 1.807) is 0 Å². The highest BCUT2D eigenvalue weighted by Crippen LogP contribution is 2.40. The van der Waals surface area contributed by atoms with Gasteiger partial charge in [-0.1, -0.05) is 42.5 Å². The van der Waals surface area contributed by atoms with Crippen LogP contribution >= 0.6 is 0 Å². The van der Waals surface area contributed by atoms with E-state index >= 15 is 0 Å². The van der Waals surface area contributed by atoms with E-state index in [1.165, 1.54) is 5.56 Å². The summed E-state index contributed by atoms with van der Waals surface area (Å²) >= 11 is 0. The lowest BCUT2D eigenvalue weighted by atomic mass is 9.78. The number of β-lactam (4-membered cyclic amide) rings is 1. The largest absolute Gasteiger partial charge is 0.328 e. The Kier molecular flexibility index (Phi) is 2.50. The van der Waals surface area contributed by atoms with Crippen LogP contribution in [0.4, 0.5) is 0 Å². The fourth-order valence-corrected chi connectivity index (χ4v) is 2.97. The zero-order chi connectivity index (χ0) is 11.8. The Bertz CT molecular complexity index is 451. The van der Waals surface area contributed by atoms with Crippen molar-refractivity contribution in [1.29, 1.82) is 0 Å². The maximum Gasteiger partial charge on any atom is 0.229 e. The predicted molar refractivity (Wildman–Crippen MR) is 67.4 cm³/mol. The molecule has 1 fully saturated rings. The number of fused-ring (bicyclic) bond motifs is 1. The van der Waals surface area contributed by atoms with Gasteiger partial charge in [-0.25, -0.2) is 0 Å². The Morgan fingerprint density at radius 3 is 2.82 bits per heavy atom. The van der Waals surface area contributed by atoms with Gasteiger partial charge in [0.1, 0.15) is 0 Å². The molecule has 3 rings (SSSR count). The van der Waals surface area contributed by atoms with Gasteiger partial charge in [-0.15, -0.1) is 0 Å². The third-order valence-electron chi connectivity index (χ3n) is 3.98. The monoisotopic (exact) mass is 227 g/mol. The molecule has 1 saturated heterocycles. The van der Waals surface area contributed by atoms with Crippen LogP contribution in [0.5, 0.6) is 0 Å². The molecule has 1 heterocycles. The van der Waals surface area contributed by atoms with Gasteiger partial charge in [0.2, 0.25) is 5.91 Å². The van der Waals surface area contributed by atoms with Crippen LogP contribution in [0.25, 0.3) is 0 Å². The third kappa shape index (κ3) is 1.59. The van der Waals surface area contributed by atoms with Crippen molar-refractivity contribution in [1.82, 2.24) is 4.90 Å². The number of likely N-dealkylation sites (tertiary alicyclic amines) is 1. The van der Waals surface area contributed by atoms with Crippen molar-refractivity contribution in [2.45, 2.75) is 31.8 Å². The van der Waals surface area contributed by atoms with Gasteiger partial charge in [0, 0.05) is 0 Å². The van der Waals surface area contributed by atoms with Crippen LogP contribution in [0.2, 0.25) is 0 Å². The van der Waals surface area contributed by atoms with Crippen molar-refractivity contribution in [2.24, 2.45) is 5.92 Å². The first-order chi connectivity index (χ1) is 8.29. The second-order valence-electron chi connectivity index (χ2n) is 4.93. The summed E-state index contributed by atoms with van der Waals surface area (Å²) in [5.74, 6) is 0.585. The maximum absolute atomic E-state index is 12.1. The molecule has 88 valence electrons. The van der Waals surface area contributed by atoms with E-state index in [0.29, 0.717) is 11.9 Å². The maximum atomic E-state index is 12.1. The summed E-state index contributed by atoms with van der Waals surface area (Å²) in [5, 5.41) is 0. The Labute approximate surface area is 102 Å². The van der Waals surface area contributed by atoms with E-state index in [2.05, 4.69) is 31.2 Å². The molecule has 0 radical (unpaired) electrons. The Morgan fingerprint density at radius 2 is 2.06 bits per heavy atom. The Balaban J connectivity index is 1.83. The first-order valence-corrected chi connectivity index (χ1v) is 6.33. The molecule has 0 saturated carbocycles. The number of rotatable bonds is 2. The summed E-state index contributed by atoms with van der Waals surface area (Å²) in [4.78, 5) is 14.1. The molecule has 0 unspecified atom stereocenters. The van der Waals surface area contributed by atoms with Crippen LogP contribution < -0.4 is 0 Å². The van der Waals surface area contributed by atoms with E-state index in [9.17, 15) is 4.79 Å². The highest BCUT2D eigenvalue weighted by atomic mass is 16.2. The second-order valence-corrected chi connectivity index (χ2v) is 4.93. The lowest BCUT2D eigenvalue weighted by Gasteiger charge is -2.50. The number of carbonyl (C=O) groups excluding carboxylic acids is 1. The number of carbonyl (C=O) groups is 1. The number of allylic oxidation sites excluding steroid dienone is 1. The van der Waals surface area contributed by atoms with Crippen molar-refractivity contribution < 1.29 is 4.79 Å². The molecule has 2 aliphatic rings. The molecule has 1 aliphatic carbocycles. The normalized spacial score (nSPS) is 28.5. The van der Waals surface area contributed by atoms with Gasteiger partial charge < -0.3 is 4.90 Å². The number of amides is 1. The van der Waals surface area contributed by atoms with Crippen LogP contribution in [0.3, 0.4) is 0 Å². The molecule has 0 aromatic heterocycles. The zero-order valence-electron chi connectivity index (χ0n) is 10.0. The average molecular weight is 227 g/mol. The first-order valence-electron chi connectivity index (χ1n) is 6.33. The molecule has 1 aliphatic heterocycles. The molecule has 0 bridgehead atoms. The minimum absolute atomic E-state index is 0.188. The van der Waals surface area contributed by atoms with E-state index in [0.717, 1.165) is 12.8 Å². The van der Waals surface area contributed by atoms with Gasteiger partial charge >= 0.3 is 0 Å². The van der Waals surface area contributed by atoms with Crippen LogP contribution in [-0.2, 0) is 4.79 Å². The number of hydrogen-bond donors (Lipinski definition) is 0. The van der Waals surface area contributed by atoms with Crippen LogP contribution in [-0.4, -0.2) is 16.8 Å². The minimum Gasteiger partial charge on any atom is -0.328 e. The van der Waals surface area contributed by atoms with Crippen molar-refractivity contribution in [3.05, 3.63) is 48.0 Å². The quantitative estimate of drug-likeness (QED) is 0.562. The van der Waals surface area contributed by atoms with Gasteiger partial charge in [0.05, 0.1) is 18.0 Å². The molecular weight excluding hydrogens is 210 g/mol. The van der Waals surface area contributed by atoms with Crippen LogP contribution in [0.15, 0.2) is 42.5 Å². The second kappa shape index (κ2) is 4.02. The Hall–Kier alpha value is -1.57. The molecule has 1 aromatic rings. The van der Waals surface area contributed by atoms with Gasteiger partial charge in [-0.05, 0) is 25.3 Å². The van der Waals surface area contributed by atoms with Gasteiger partial charge in [0.15, 0.2) is 0 Å². The van der Waals surface area contributed by atoms with E-state index < -0.39 is 0 Å². The topological polar surface area (TPSA) is 20.3 Å². The van der Waals surface area contributed by atoms with Crippen molar-refractivity contribution in [2.75, 3.05) is 0 Å². The zero-order valence-corrected chi connectivity index (χ0v) is 10.0. The molecule has 1 amide bonds. The predicted octanol–water partition coefficient (Wildman–Crippen LogP) is 2.92. The molecule has 17 heavy (non-hydrogen) atoms. The summed E-state index contributed by atoms with van der Waals surface area (Å²) in [6.45, 7) is 2.12. The fourth-order valence-electron chi connectivity index (χ4n) is 2.97. The molecular formula is C15H17NO. The number of hydrogen-bond acceptors (Lipinski definition) is 1. The van der Waals surface area contributed by atoms with E-state index in [4.69, 9.17) is 0 Å². The van der Waals surface area contributed by atoms with Crippen LogP contribution in [0.1, 0.15) is 31.4 Å². The van der Waals surface area contributed by atoms with Gasteiger partial charge in [-0.2, -0.15) is 0 Å². The summed E-state index contributed by atoms with van der Waals surface area (Å²) in [7, 11) is 0. The number of nitrogens with zero attached hydrogens (tertiary/aromatic N) is 1. The van der Waals surface area contributed by atoms with Crippen molar-refractivity contribution in [3.8, 4) is 0 Å². The summed E-state index contributed by atoms with van der Waals surface area (Å²) < 4.78 is 0. The van der Waals surface area contributed by atoms with E-state index in [-0.39, 0.29) is 12.0 Å².